The van der Waals surface area contributed by atoms with Crippen LogP contribution in [0.4, 0.5) is 0 Å². The highest BCUT2D eigenvalue weighted by Gasteiger charge is 2.21. The van der Waals surface area contributed by atoms with Gasteiger partial charge >= 0.3 is 0 Å². The van der Waals surface area contributed by atoms with Gasteiger partial charge in [-0.1, -0.05) is 13.0 Å². The molecule has 0 radical (unpaired) electrons. The molecule has 96 valence electrons. The van der Waals surface area contributed by atoms with Crippen LogP contribution in [-0.2, 0) is 10.0 Å². The Morgan fingerprint density at radius 2 is 1.76 bits per heavy atom. The third-order valence-electron chi connectivity index (χ3n) is 1.99. The monoisotopic (exact) mass is 259 g/mol. The number of benzene rings is 1. The Morgan fingerprint density at radius 1 is 1.18 bits per heavy atom. The fraction of sp³-hybridized carbons (Fsp3) is 0.455. The predicted octanol–water partition coefficient (Wildman–Crippen LogP) is 1.52. The molecule has 0 bridgehead atoms. The molecule has 0 aliphatic heterocycles. The summed E-state index contributed by atoms with van der Waals surface area (Å²) < 4.78 is 33.7. The maximum atomic E-state index is 11.5. The lowest BCUT2D eigenvalue weighted by Gasteiger charge is -2.13. The van der Waals surface area contributed by atoms with Crippen LogP contribution in [0.25, 0.3) is 0 Å². The molecule has 1 aromatic rings. The molecule has 0 saturated heterocycles. The standard InChI is InChI=1S/C11H17NO4S/c1-3-8-16-10-7-5-6-9(15-4-2)11(10)17(12,13)14/h5-7H,3-4,8H2,1-2H3,(H2,12,13,14). The summed E-state index contributed by atoms with van der Waals surface area (Å²) in [4.78, 5) is -0.0877. The van der Waals surface area contributed by atoms with E-state index in [4.69, 9.17) is 14.6 Å². The molecular formula is C11H17NO4S. The van der Waals surface area contributed by atoms with E-state index in [9.17, 15) is 8.42 Å². The van der Waals surface area contributed by atoms with Gasteiger partial charge in [-0.3, -0.25) is 0 Å². The van der Waals surface area contributed by atoms with E-state index in [2.05, 4.69) is 0 Å². The van der Waals surface area contributed by atoms with Crippen molar-refractivity contribution in [3.8, 4) is 11.5 Å². The Kier molecular flexibility index (Phi) is 4.77. The number of sulfonamides is 1. The second-order valence-electron chi connectivity index (χ2n) is 3.41. The van der Waals surface area contributed by atoms with Crippen LogP contribution in [-0.4, -0.2) is 21.6 Å². The number of primary sulfonamides is 1. The van der Waals surface area contributed by atoms with Crippen molar-refractivity contribution in [2.45, 2.75) is 25.2 Å². The molecule has 2 N–H and O–H groups in total. The zero-order valence-electron chi connectivity index (χ0n) is 9.97. The average molecular weight is 259 g/mol. The lowest BCUT2D eigenvalue weighted by atomic mass is 10.3. The molecule has 1 rings (SSSR count). The first kappa shape index (κ1) is 13.8. The Morgan fingerprint density at radius 3 is 2.24 bits per heavy atom. The second-order valence-corrected chi connectivity index (χ2v) is 4.91. The number of hydrogen-bond acceptors (Lipinski definition) is 4. The molecule has 1 aromatic carbocycles. The summed E-state index contributed by atoms with van der Waals surface area (Å²) in [5.74, 6) is 0.462. The molecule has 0 aliphatic rings. The lowest BCUT2D eigenvalue weighted by Crippen LogP contribution is -2.16. The largest absolute Gasteiger partial charge is 0.492 e. The van der Waals surface area contributed by atoms with E-state index in [1.165, 1.54) is 0 Å². The summed E-state index contributed by atoms with van der Waals surface area (Å²) >= 11 is 0. The average Bonchev–Trinajstić information content (AvgIpc) is 2.25. The highest BCUT2D eigenvalue weighted by Crippen LogP contribution is 2.32. The fourth-order valence-electron chi connectivity index (χ4n) is 1.37. The van der Waals surface area contributed by atoms with E-state index in [0.717, 1.165) is 6.42 Å². The summed E-state index contributed by atoms with van der Waals surface area (Å²) in [6.07, 6.45) is 0.781. The van der Waals surface area contributed by atoms with Crippen molar-refractivity contribution in [2.75, 3.05) is 13.2 Å². The Balaban J connectivity index is 3.25. The maximum Gasteiger partial charge on any atom is 0.245 e. The van der Waals surface area contributed by atoms with Gasteiger partial charge in [0.05, 0.1) is 13.2 Å². The van der Waals surface area contributed by atoms with Crippen molar-refractivity contribution in [3.05, 3.63) is 18.2 Å². The molecule has 6 heteroatoms. The molecule has 0 aliphatic carbocycles. The molecule has 0 atom stereocenters. The molecule has 5 nitrogen and oxygen atoms in total. The Hall–Kier alpha value is -1.27. The first-order valence-corrected chi connectivity index (χ1v) is 6.96. The third kappa shape index (κ3) is 3.61. The topological polar surface area (TPSA) is 78.6 Å². The molecule has 17 heavy (non-hydrogen) atoms. The molecule has 0 heterocycles. The molecule has 0 fully saturated rings. The summed E-state index contributed by atoms with van der Waals surface area (Å²) in [5.41, 5.74) is 0. The quantitative estimate of drug-likeness (QED) is 0.840. The van der Waals surface area contributed by atoms with Crippen LogP contribution < -0.4 is 14.6 Å². The van der Waals surface area contributed by atoms with Crippen LogP contribution in [0.15, 0.2) is 23.1 Å². The number of hydrogen-bond donors (Lipinski definition) is 1. The number of rotatable bonds is 6. The summed E-state index contributed by atoms with van der Waals surface area (Å²) in [7, 11) is -3.87. The normalized spacial score (nSPS) is 11.2. The van der Waals surface area contributed by atoms with Crippen molar-refractivity contribution in [2.24, 2.45) is 5.14 Å². The van der Waals surface area contributed by atoms with Crippen molar-refractivity contribution in [1.82, 2.24) is 0 Å². The smallest absolute Gasteiger partial charge is 0.245 e. The summed E-state index contributed by atoms with van der Waals surface area (Å²) in [6.45, 7) is 4.49. The van der Waals surface area contributed by atoms with Gasteiger partial charge in [-0.2, -0.15) is 0 Å². The van der Waals surface area contributed by atoms with Crippen LogP contribution in [0.2, 0.25) is 0 Å². The third-order valence-corrected chi connectivity index (χ3v) is 2.96. The van der Waals surface area contributed by atoms with E-state index in [0.29, 0.717) is 13.2 Å². The van der Waals surface area contributed by atoms with Crippen molar-refractivity contribution >= 4 is 10.0 Å². The molecule has 0 unspecified atom stereocenters. The van der Waals surface area contributed by atoms with Crippen molar-refractivity contribution in [1.29, 1.82) is 0 Å². The minimum absolute atomic E-state index is 0.0877. The van der Waals surface area contributed by atoms with Crippen molar-refractivity contribution < 1.29 is 17.9 Å². The highest BCUT2D eigenvalue weighted by molar-refractivity contribution is 7.89. The van der Waals surface area contributed by atoms with Gasteiger partial charge in [0.15, 0.2) is 4.90 Å². The molecular weight excluding hydrogens is 242 g/mol. The zero-order valence-corrected chi connectivity index (χ0v) is 10.8. The van der Waals surface area contributed by atoms with E-state index in [-0.39, 0.29) is 16.4 Å². The molecule has 0 saturated carbocycles. The van der Waals surface area contributed by atoms with Crippen LogP contribution in [0, 0.1) is 0 Å². The zero-order chi connectivity index (χ0) is 12.9. The van der Waals surface area contributed by atoms with Crippen LogP contribution in [0.3, 0.4) is 0 Å². The Bertz CT molecular complexity index is 470. The van der Waals surface area contributed by atoms with Crippen LogP contribution >= 0.6 is 0 Å². The summed E-state index contributed by atoms with van der Waals surface area (Å²) in [6, 6.07) is 4.80. The first-order valence-electron chi connectivity index (χ1n) is 5.42. The minimum Gasteiger partial charge on any atom is -0.492 e. The van der Waals surface area contributed by atoms with Gasteiger partial charge in [0.1, 0.15) is 11.5 Å². The highest BCUT2D eigenvalue weighted by atomic mass is 32.2. The number of ether oxygens (including phenoxy) is 2. The first-order chi connectivity index (χ1) is 8.00. The van der Waals surface area contributed by atoms with Gasteiger partial charge < -0.3 is 9.47 Å². The minimum atomic E-state index is -3.87. The molecule has 0 amide bonds. The van der Waals surface area contributed by atoms with Gasteiger partial charge in [0, 0.05) is 0 Å². The fourth-order valence-corrected chi connectivity index (χ4v) is 2.19. The second kappa shape index (κ2) is 5.88. The van der Waals surface area contributed by atoms with Gasteiger partial charge in [-0.15, -0.1) is 0 Å². The lowest BCUT2D eigenvalue weighted by molar-refractivity contribution is 0.294. The molecule has 0 aromatic heterocycles. The van der Waals surface area contributed by atoms with Crippen LogP contribution in [0.1, 0.15) is 20.3 Å². The Labute approximate surface area is 102 Å². The maximum absolute atomic E-state index is 11.5. The van der Waals surface area contributed by atoms with Crippen molar-refractivity contribution in [3.63, 3.8) is 0 Å². The van der Waals surface area contributed by atoms with Gasteiger partial charge in [0.2, 0.25) is 10.0 Å². The van der Waals surface area contributed by atoms with Gasteiger partial charge in [-0.05, 0) is 25.5 Å². The van der Waals surface area contributed by atoms with Gasteiger partial charge in [0.25, 0.3) is 0 Å². The van der Waals surface area contributed by atoms with E-state index in [1.54, 1.807) is 25.1 Å². The number of nitrogens with two attached hydrogens (primary N) is 1. The predicted molar refractivity (Wildman–Crippen MR) is 64.8 cm³/mol. The summed E-state index contributed by atoms with van der Waals surface area (Å²) in [5, 5.41) is 5.17. The molecule has 0 spiro atoms. The van der Waals surface area contributed by atoms with E-state index < -0.39 is 10.0 Å². The van der Waals surface area contributed by atoms with E-state index >= 15 is 0 Å². The van der Waals surface area contributed by atoms with E-state index in [1.807, 2.05) is 6.92 Å². The van der Waals surface area contributed by atoms with Gasteiger partial charge in [-0.25, -0.2) is 13.6 Å². The van der Waals surface area contributed by atoms with Crippen LogP contribution in [0.5, 0.6) is 11.5 Å². The SMILES string of the molecule is CCCOc1cccc(OCC)c1S(N)(=O)=O.